The molecule has 0 saturated carbocycles. The lowest BCUT2D eigenvalue weighted by Gasteiger charge is -2.27. The second-order valence-corrected chi connectivity index (χ2v) is 8.85. The Bertz CT molecular complexity index is 1040. The molecule has 1 aromatic carbocycles. The minimum atomic E-state index is -0.541. The first-order chi connectivity index (χ1) is 12.3. The molecule has 4 rings (SSSR count). The zero-order chi connectivity index (χ0) is 18.8. The van der Waals surface area contributed by atoms with Crippen LogP contribution in [0.2, 0.25) is 0 Å². The number of benzene rings is 1. The number of ether oxygens (including phenoxy) is 1. The van der Waals surface area contributed by atoms with Crippen molar-refractivity contribution >= 4 is 40.2 Å². The van der Waals surface area contributed by atoms with Crippen molar-refractivity contribution in [1.29, 1.82) is 0 Å². The first-order valence-electron chi connectivity index (χ1n) is 8.67. The van der Waals surface area contributed by atoms with E-state index in [2.05, 4.69) is 17.6 Å². The van der Waals surface area contributed by atoms with Crippen LogP contribution in [-0.2, 0) is 21.4 Å². The van der Waals surface area contributed by atoms with Gasteiger partial charge in [0, 0.05) is 39.9 Å². The van der Waals surface area contributed by atoms with Gasteiger partial charge in [0.1, 0.15) is 0 Å². The van der Waals surface area contributed by atoms with Gasteiger partial charge in [0.05, 0.1) is 11.1 Å². The fraction of sp³-hybridized carbons (Fsp3) is 0.333. The summed E-state index contributed by atoms with van der Waals surface area (Å²) in [5.41, 5.74) is 3.17. The van der Waals surface area contributed by atoms with Crippen LogP contribution >= 0.6 is 11.8 Å². The topological polar surface area (TPSA) is 48.3 Å². The summed E-state index contributed by atoms with van der Waals surface area (Å²) in [6.07, 6.45) is 2.10. The van der Waals surface area contributed by atoms with Crippen molar-refractivity contribution in [1.82, 2.24) is 4.57 Å². The molecular weight excluding hydrogens is 346 g/mol. The number of carbonyl (C=O) groups excluding carboxylic acids is 2. The fourth-order valence-electron chi connectivity index (χ4n) is 4.19. The van der Waals surface area contributed by atoms with Crippen LogP contribution in [0.5, 0.6) is 0 Å². The number of fused-ring (bicyclic) bond motifs is 1. The van der Waals surface area contributed by atoms with Crippen LogP contribution in [0.15, 0.2) is 40.8 Å². The highest BCUT2D eigenvalue weighted by molar-refractivity contribution is 8.03. The van der Waals surface area contributed by atoms with Crippen LogP contribution in [0, 0.1) is 12.3 Å². The molecule has 2 atom stereocenters. The van der Waals surface area contributed by atoms with E-state index in [1.54, 1.807) is 11.8 Å². The van der Waals surface area contributed by atoms with Gasteiger partial charge in [-0.15, -0.1) is 11.8 Å². The van der Waals surface area contributed by atoms with Gasteiger partial charge in [0.2, 0.25) is 0 Å². The molecule has 4 nitrogen and oxygen atoms in total. The molecule has 2 aliphatic heterocycles. The number of carbonyl (C=O) groups is 2. The van der Waals surface area contributed by atoms with E-state index in [1.807, 2.05) is 52.1 Å². The number of hydrogen-bond donors (Lipinski definition) is 0. The average Bonchev–Trinajstić information content (AvgIpc) is 3.11. The lowest BCUT2D eigenvalue weighted by Crippen LogP contribution is -2.28. The predicted molar refractivity (Wildman–Crippen MR) is 105 cm³/mol. The molecule has 2 aliphatic rings. The highest BCUT2D eigenvalue weighted by atomic mass is 32.2. The van der Waals surface area contributed by atoms with E-state index in [4.69, 9.17) is 4.74 Å². The third kappa shape index (κ3) is 2.16. The fourth-order valence-corrected chi connectivity index (χ4v) is 5.49. The number of rotatable bonds is 2. The van der Waals surface area contributed by atoms with E-state index in [0.717, 1.165) is 27.1 Å². The molecule has 5 heteroatoms. The highest BCUT2D eigenvalue weighted by Crippen LogP contribution is 2.53. The Labute approximate surface area is 156 Å². The molecule has 3 heterocycles. The van der Waals surface area contributed by atoms with Crippen molar-refractivity contribution in [3.8, 4) is 0 Å². The second-order valence-electron chi connectivity index (χ2n) is 7.26. The van der Waals surface area contributed by atoms with E-state index >= 15 is 0 Å². The van der Waals surface area contributed by atoms with Gasteiger partial charge >= 0.3 is 11.9 Å². The Hall–Kier alpha value is -2.27. The van der Waals surface area contributed by atoms with Crippen LogP contribution in [0.4, 0.5) is 0 Å². The van der Waals surface area contributed by atoms with Crippen molar-refractivity contribution in [3.05, 3.63) is 52.1 Å². The predicted octanol–water partition coefficient (Wildman–Crippen LogP) is 4.37. The molecule has 134 valence electrons. The summed E-state index contributed by atoms with van der Waals surface area (Å²) < 4.78 is 7.17. The van der Waals surface area contributed by atoms with Gasteiger partial charge in [-0.05, 0) is 24.8 Å². The standard InChI is InChI=1S/C21H21NO3S/c1-11-10-21(4,13(3)26-11)18-17(19(23)25-20(18)24)16-12(2)22(5)15-9-7-6-8-14(15)16/h6-10,13H,1-5H3. The zero-order valence-electron chi connectivity index (χ0n) is 15.5. The van der Waals surface area contributed by atoms with Crippen molar-refractivity contribution in [2.45, 2.75) is 32.9 Å². The zero-order valence-corrected chi connectivity index (χ0v) is 16.4. The molecule has 0 N–H and O–H groups in total. The van der Waals surface area contributed by atoms with Crippen LogP contribution in [0.1, 0.15) is 32.0 Å². The summed E-state index contributed by atoms with van der Waals surface area (Å²) in [4.78, 5) is 26.6. The lowest BCUT2D eigenvalue weighted by atomic mass is 9.76. The summed E-state index contributed by atoms with van der Waals surface area (Å²) in [5.74, 6) is -1.06. The van der Waals surface area contributed by atoms with Crippen LogP contribution in [0.3, 0.4) is 0 Å². The Morgan fingerprint density at radius 1 is 1.15 bits per heavy atom. The van der Waals surface area contributed by atoms with Gasteiger partial charge in [-0.3, -0.25) is 0 Å². The van der Waals surface area contributed by atoms with Gasteiger partial charge in [0.15, 0.2) is 0 Å². The monoisotopic (exact) mass is 367 g/mol. The maximum absolute atomic E-state index is 12.8. The normalized spacial score (nSPS) is 26.0. The molecule has 1 aromatic heterocycles. The number of cyclic esters (lactones) is 2. The van der Waals surface area contributed by atoms with Crippen LogP contribution in [-0.4, -0.2) is 21.8 Å². The van der Waals surface area contributed by atoms with Gasteiger partial charge in [-0.25, -0.2) is 9.59 Å². The van der Waals surface area contributed by atoms with Gasteiger partial charge in [-0.1, -0.05) is 38.1 Å². The number of allylic oxidation sites excluding steroid dienone is 2. The van der Waals surface area contributed by atoms with E-state index in [1.165, 1.54) is 0 Å². The molecule has 0 saturated heterocycles. The lowest BCUT2D eigenvalue weighted by molar-refractivity contribution is -0.150. The smallest absolute Gasteiger partial charge is 0.347 e. The summed E-state index contributed by atoms with van der Waals surface area (Å²) in [6, 6.07) is 7.94. The maximum atomic E-state index is 12.8. The first kappa shape index (κ1) is 17.2. The van der Waals surface area contributed by atoms with Crippen molar-refractivity contribution in [3.63, 3.8) is 0 Å². The molecule has 26 heavy (non-hydrogen) atoms. The van der Waals surface area contributed by atoms with Gasteiger partial charge < -0.3 is 9.30 Å². The van der Waals surface area contributed by atoms with Crippen LogP contribution in [0.25, 0.3) is 16.5 Å². The molecule has 2 aromatic rings. The van der Waals surface area contributed by atoms with Crippen LogP contribution < -0.4 is 0 Å². The SMILES string of the molecule is CC1=CC(C)(C2=C(c3c(C)n(C)c4ccccc34)C(=O)OC2=O)C(C)S1. The molecule has 0 amide bonds. The van der Waals surface area contributed by atoms with Crippen molar-refractivity contribution in [2.24, 2.45) is 12.5 Å². The molecule has 0 fully saturated rings. The van der Waals surface area contributed by atoms with Gasteiger partial charge in [-0.2, -0.15) is 0 Å². The first-order valence-corrected chi connectivity index (χ1v) is 9.55. The Morgan fingerprint density at radius 2 is 1.85 bits per heavy atom. The van der Waals surface area contributed by atoms with Crippen molar-refractivity contribution in [2.75, 3.05) is 0 Å². The third-order valence-electron chi connectivity index (χ3n) is 5.74. The largest absolute Gasteiger partial charge is 0.386 e. The molecule has 0 aliphatic carbocycles. The van der Waals surface area contributed by atoms with E-state index in [0.29, 0.717) is 11.1 Å². The summed E-state index contributed by atoms with van der Waals surface area (Å²) in [5, 5.41) is 1.12. The number of thioether (sulfide) groups is 1. The number of aryl methyl sites for hydroxylation is 1. The minimum Gasteiger partial charge on any atom is -0.386 e. The molecule has 0 radical (unpaired) electrons. The summed E-state index contributed by atoms with van der Waals surface area (Å²) in [6.45, 7) is 8.13. The van der Waals surface area contributed by atoms with E-state index < -0.39 is 17.4 Å². The van der Waals surface area contributed by atoms with E-state index in [-0.39, 0.29) is 5.25 Å². The number of aromatic nitrogens is 1. The summed E-state index contributed by atoms with van der Waals surface area (Å²) in [7, 11) is 1.98. The van der Waals surface area contributed by atoms with Crippen molar-refractivity contribution < 1.29 is 14.3 Å². The molecule has 0 bridgehead atoms. The Balaban J connectivity index is 2.09. The number of hydrogen-bond acceptors (Lipinski definition) is 4. The van der Waals surface area contributed by atoms with Gasteiger partial charge in [0.25, 0.3) is 0 Å². The Kier molecular flexibility index (Phi) is 3.70. The quantitative estimate of drug-likeness (QED) is 0.584. The molecule has 0 spiro atoms. The third-order valence-corrected chi connectivity index (χ3v) is 7.08. The maximum Gasteiger partial charge on any atom is 0.347 e. The molecule has 2 unspecified atom stereocenters. The number of nitrogens with zero attached hydrogens (tertiary/aromatic N) is 1. The van der Waals surface area contributed by atoms with E-state index in [9.17, 15) is 9.59 Å². The Morgan fingerprint density at radius 3 is 2.50 bits per heavy atom. The number of esters is 2. The summed E-state index contributed by atoms with van der Waals surface area (Å²) >= 11 is 1.73. The minimum absolute atomic E-state index is 0.154. The average molecular weight is 367 g/mol. The molecular formula is C21H21NO3S. The highest BCUT2D eigenvalue weighted by Gasteiger charge is 2.49. The second kappa shape index (κ2) is 5.61. The number of para-hydroxylation sites is 1.